The van der Waals surface area contributed by atoms with Crippen molar-refractivity contribution >= 4 is 12.6 Å². The van der Waals surface area contributed by atoms with E-state index in [4.69, 9.17) is 0 Å². The number of hydrogen-bond acceptors (Lipinski definition) is 2. The Morgan fingerprint density at radius 2 is 2.50 bits per heavy atom. The van der Waals surface area contributed by atoms with Crippen LogP contribution >= 0.6 is 12.6 Å². The molecule has 0 spiro atoms. The van der Waals surface area contributed by atoms with Crippen molar-refractivity contribution < 1.29 is 0 Å². The summed E-state index contributed by atoms with van der Waals surface area (Å²) < 4.78 is 0. The summed E-state index contributed by atoms with van der Waals surface area (Å²) in [5.41, 5.74) is 0.957. The Labute approximate surface area is 43.8 Å². The van der Waals surface area contributed by atoms with E-state index in [1.807, 2.05) is 7.05 Å². The SMILES string of the molecule is C=C(CS)NC. The summed E-state index contributed by atoms with van der Waals surface area (Å²) in [7, 11) is 1.83. The van der Waals surface area contributed by atoms with Gasteiger partial charge in [-0.2, -0.15) is 12.6 Å². The number of hydrogen-bond donors (Lipinski definition) is 2. The van der Waals surface area contributed by atoms with Crippen molar-refractivity contribution in [2.75, 3.05) is 12.8 Å². The molecule has 0 aliphatic heterocycles. The van der Waals surface area contributed by atoms with Gasteiger partial charge in [-0.15, -0.1) is 0 Å². The second-order valence-corrected chi connectivity index (χ2v) is 1.33. The molecule has 36 valence electrons. The molecule has 0 fully saturated rings. The maximum Gasteiger partial charge on any atom is 0.0296 e. The Morgan fingerprint density at radius 3 is 2.50 bits per heavy atom. The summed E-state index contributed by atoms with van der Waals surface area (Å²) in [6.45, 7) is 3.60. The monoisotopic (exact) mass is 103 g/mol. The third kappa shape index (κ3) is 2.15. The van der Waals surface area contributed by atoms with Crippen molar-refractivity contribution in [2.24, 2.45) is 0 Å². The molecule has 0 saturated carbocycles. The number of rotatable bonds is 2. The van der Waals surface area contributed by atoms with Gasteiger partial charge in [-0.25, -0.2) is 0 Å². The van der Waals surface area contributed by atoms with Crippen LogP contribution in [0.15, 0.2) is 12.3 Å². The van der Waals surface area contributed by atoms with Gasteiger partial charge in [-0.1, -0.05) is 6.58 Å². The molecule has 0 unspecified atom stereocenters. The van der Waals surface area contributed by atoms with Crippen LogP contribution in [0.4, 0.5) is 0 Å². The summed E-state index contributed by atoms with van der Waals surface area (Å²) >= 11 is 3.93. The highest BCUT2D eigenvalue weighted by Crippen LogP contribution is 1.82. The lowest BCUT2D eigenvalue weighted by atomic mass is 10.6. The Morgan fingerprint density at radius 1 is 2.00 bits per heavy atom. The van der Waals surface area contributed by atoms with Crippen LogP contribution in [0.3, 0.4) is 0 Å². The molecule has 0 aromatic heterocycles. The molecule has 0 heterocycles. The van der Waals surface area contributed by atoms with Crippen LogP contribution in [-0.4, -0.2) is 12.8 Å². The molecular weight excluding hydrogens is 94.1 g/mol. The van der Waals surface area contributed by atoms with Crippen LogP contribution in [-0.2, 0) is 0 Å². The molecule has 0 radical (unpaired) electrons. The van der Waals surface area contributed by atoms with Crippen molar-refractivity contribution in [3.8, 4) is 0 Å². The first kappa shape index (κ1) is 5.89. The van der Waals surface area contributed by atoms with E-state index in [9.17, 15) is 0 Å². The van der Waals surface area contributed by atoms with Gasteiger partial charge in [-0.05, 0) is 0 Å². The van der Waals surface area contributed by atoms with Gasteiger partial charge in [0.15, 0.2) is 0 Å². The third-order valence-electron chi connectivity index (χ3n) is 0.544. The molecule has 0 bridgehead atoms. The van der Waals surface area contributed by atoms with Gasteiger partial charge in [0.25, 0.3) is 0 Å². The summed E-state index contributed by atoms with van der Waals surface area (Å²) in [5, 5.41) is 2.84. The molecule has 0 aromatic carbocycles. The smallest absolute Gasteiger partial charge is 0.0296 e. The van der Waals surface area contributed by atoms with Gasteiger partial charge in [0.05, 0.1) is 0 Å². The Bertz CT molecular complexity index is 45.5. The second-order valence-electron chi connectivity index (χ2n) is 1.01. The standard InChI is InChI=1S/C4H9NS/c1-4(3-6)5-2/h5-6H,1,3H2,2H3. The summed E-state index contributed by atoms with van der Waals surface area (Å²) in [6.07, 6.45) is 0. The molecule has 0 atom stereocenters. The maximum atomic E-state index is 3.93. The van der Waals surface area contributed by atoms with E-state index in [2.05, 4.69) is 24.5 Å². The zero-order valence-corrected chi connectivity index (χ0v) is 4.76. The largest absolute Gasteiger partial charge is 0.391 e. The van der Waals surface area contributed by atoms with Crippen LogP contribution < -0.4 is 5.32 Å². The fraction of sp³-hybridized carbons (Fsp3) is 0.500. The average molecular weight is 103 g/mol. The van der Waals surface area contributed by atoms with E-state index >= 15 is 0 Å². The molecule has 6 heavy (non-hydrogen) atoms. The first-order valence-electron chi connectivity index (χ1n) is 1.77. The molecule has 0 amide bonds. The van der Waals surface area contributed by atoms with E-state index in [0.29, 0.717) is 0 Å². The van der Waals surface area contributed by atoms with Crippen LogP contribution in [0.25, 0.3) is 0 Å². The third-order valence-corrected chi connectivity index (χ3v) is 0.926. The minimum Gasteiger partial charge on any atom is -0.391 e. The molecule has 0 rings (SSSR count). The summed E-state index contributed by atoms with van der Waals surface area (Å²) in [5.74, 6) is 0.719. The first-order valence-corrected chi connectivity index (χ1v) is 2.41. The minimum absolute atomic E-state index is 0.719. The van der Waals surface area contributed by atoms with Gasteiger partial charge in [0.2, 0.25) is 0 Å². The minimum atomic E-state index is 0.719. The van der Waals surface area contributed by atoms with Gasteiger partial charge in [-0.3, -0.25) is 0 Å². The molecule has 0 aliphatic rings. The highest BCUT2D eigenvalue weighted by atomic mass is 32.1. The van der Waals surface area contributed by atoms with Crippen molar-refractivity contribution in [1.29, 1.82) is 0 Å². The Balaban J connectivity index is 2.99. The predicted octanol–water partition coefficient (Wildman–Crippen LogP) is 0.649. The summed E-state index contributed by atoms with van der Waals surface area (Å²) in [4.78, 5) is 0. The lowest BCUT2D eigenvalue weighted by Crippen LogP contribution is -2.04. The fourth-order valence-electron chi connectivity index (χ4n) is 0.0791. The van der Waals surface area contributed by atoms with Crippen molar-refractivity contribution in [3.63, 3.8) is 0 Å². The van der Waals surface area contributed by atoms with Crippen molar-refractivity contribution in [1.82, 2.24) is 5.32 Å². The molecule has 0 aliphatic carbocycles. The quantitative estimate of drug-likeness (QED) is 0.489. The fourth-order valence-corrected chi connectivity index (χ4v) is 0.237. The van der Waals surface area contributed by atoms with E-state index in [0.717, 1.165) is 11.4 Å². The predicted molar refractivity (Wildman–Crippen MR) is 32.1 cm³/mol. The highest BCUT2D eigenvalue weighted by molar-refractivity contribution is 7.80. The maximum absolute atomic E-state index is 3.93. The molecule has 0 saturated heterocycles. The van der Waals surface area contributed by atoms with Gasteiger partial charge >= 0.3 is 0 Å². The van der Waals surface area contributed by atoms with E-state index in [1.54, 1.807) is 0 Å². The average Bonchev–Trinajstić information content (AvgIpc) is 1.65. The lowest BCUT2D eigenvalue weighted by molar-refractivity contribution is 1.01. The Hall–Kier alpha value is -0.110. The van der Waals surface area contributed by atoms with E-state index < -0.39 is 0 Å². The molecule has 1 N–H and O–H groups in total. The van der Waals surface area contributed by atoms with Gasteiger partial charge in [0.1, 0.15) is 0 Å². The van der Waals surface area contributed by atoms with E-state index in [1.165, 1.54) is 0 Å². The topological polar surface area (TPSA) is 12.0 Å². The summed E-state index contributed by atoms with van der Waals surface area (Å²) in [6, 6.07) is 0. The molecule has 2 heteroatoms. The second kappa shape index (κ2) is 3.09. The number of nitrogens with one attached hydrogen (secondary N) is 1. The van der Waals surface area contributed by atoms with Crippen molar-refractivity contribution in [3.05, 3.63) is 12.3 Å². The molecule has 0 aromatic rings. The van der Waals surface area contributed by atoms with Crippen LogP contribution in [0.5, 0.6) is 0 Å². The normalized spacial score (nSPS) is 7.67. The zero-order valence-electron chi connectivity index (χ0n) is 3.86. The zero-order chi connectivity index (χ0) is 4.99. The molecule has 1 nitrogen and oxygen atoms in total. The van der Waals surface area contributed by atoms with Crippen LogP contribution in [0, 0.1) is 0 Å². The lowest BCUT2D eigenvalue weighted by Gasteiger charge is -1.94. The van der Waals surface area contributed by atoms with Crippen LogP contribution in [0.1, 0.15) is 0 Å². The Kier molecular flexibility index (Phi) is 3.04. The van der Waals surface area contributed by atoms with Crippen LogP contribution in [0.2, 0.25) is 0 Å². The first-order chi connectivity index (χ1) is 2.81. The number of thiol groups is 1. The highest BCUT2D eigenvalue weighted by Gasteiger charge is 1.75. The van der Waals surface area contributed by atoms with Gasteiger partial charge in [0, 0.05) is 18.5 Å². The molecular formula is C4H9NS. The van der Waals surface area contributed by atoms with Crippen molar-refractivity contribution in [2.45, 2.75) is 0 Å². The van der Waals surface area contributed by atoms with Gasteiger partial charge < -0.3 is 5.32 Å². The van der Waals surface area contributed by atoms with E-state index in [-0.39, 0.29) is 0 Å².